The quantitative estimate of drug-likeness (QED) is 0.745. The fourth-order valence-electron chi connectivity index (χ4n) is 4.23. The standard InChI is InChI=1S/C15H24BrNO2/c1-10-9-19-14(7-16)8-17(10)15(18)6-13-5-11-2-3-12(13)4-11/h10-14H,2-9H2,1H3. The Hall–Kier alpha value is -0.0900. The Bertz CT molecular complexity index is 349. The lowest BCUT2D eigenvalue weighted by molar-refractivity contribution is -0.144. The molecular weight excluding hydrogens is 306 g/mol. The largest absolute Gasteiger partial charge is 0.373 e. The normalized spacial score (nSPS) is 41.8. The number of carbonyl (C=O) groups excluding carboxylic acids is 1. The summed E-state index contributed by atoms with van der Waals surface area (Å²) < 4.78 is 5.70. The highest BCUT2D eigenvalue weighted by Crippen LogP contribution is 2.49. The Morgan fingerprint density at radius 1 is 1.37 bits per heavy atom. The van der Waals surface area contributed by atoms with Crippen LogP contribution in [0, 0.1) is 17.8 Å². The summed E-state index contributed by atoms with van der Waals surface area (Å²) in [4.78, 5) is 14.6. The van der Waals surface area contributed by atoms with Crippen molar-refractivity contribution >= 4 is 21.8 Å². The van der Waals surface area contributed by atoms with Gasteiger partial charge in [-0.25, -0.2) is 0 Å². The van der Waals surface area contributed by atoms with E-state index in [1.807, 2.05) is 0 Å². The second-order valence-electron chi connectivity index (χ2n) is 6.64. The molecule has 108 valence electrons. The molecule has 4 heteroatoms. The van der Waals surface area contributed by atoms with E-state index < -0.39 is 0 Å². The van der Waals surface area contributed by atoms with E-state index in [1.54, 1.807) is 0 Å². The third-order valence-corrected chi connectivity index (χ3v) is 6.04. The molecular formula is C15H24BrNO2. The van der Waals surface area contributed by atoms with Crippen molar-refractivity contribution in [1.82, 2.24) is 4.90 Å². The second kappa shape index (κ2) is 5.72. The first-order chi connectivity index (χ1) is 9.17. The summed E-state index contributed by atoms with van der Waals surface area (Å²) in [5.41, 5.74) is 0. The lowest BCUT2D eigenvalue weighted by atomic mass is 9.86. The van der Waals surface area contributed by atoms with Gasteiger partial charge < -0.3 is 9.64 Å². The highest BCUT2D eigenvalue weighted by atomic mass is 79.9. The van der Waals surface area contributed by atoms with Crippen LogP contribution in [0.15, 0.2) is 0 Å². The summed E-state index contributed by atoms with van der Waals surface area (Å²) in [5, 5.41) is 0.817. The molecule has 0 aromatic rings. The number of fused-ring (bicyclic) bond motifs is 2. The minimum absolute atomic E-state index is 0.167. The van der Waals surface area contributed by atoms with Gasteiger partial charge in [-0.15, -0.1) is 0 Å². The maximum absolute atomic E-state index is 12.6. The predicted molar refractivity (Wildman–Crippen MR) is 78.3 cm³/mol. The summed E-state index contributed by atoms with van der Waals surface area (Å²) in [5.74, 6) is 2.81. The number of carbonyl (C=O) groups is 1. The van der Waals surface area contributed by atoms with E-state index in [9.17, 15) is 4.79 Å². The Morgan fingerprint density at radius 3 is 2.84 bits per heavy atom. The minimum Gasteiger partial charge on any atom is -0.373 e. The van der Waals surface area contributed by atoms with Crippen LogP contribution in [-0.2, 0) is 9.53 Å². The van der Waals surface area contributed by atoms with Crippen molar-refractivity contribution in [2.75, 3.05) is 18.5 Å². The molecule has 3 rings (SSSR count). The van der Waals surface area contributed by atoms with E-state index in [2.05, 4.69) is 27.8 Å². The first kappa shape index (κ1) is 13.9. The zero-order valence-corrected chi connectivity index (χ0v) is 13.3. The van der Waals surface area contributed by atoms with Crippen LogP contribution >= 0.6 is 15.9 Å². The van der Waals surface area contributed by atoms with Crippen molar-refractivity contribution in [1.29, 1.82) is 0 Å². The predicted octanol–water partition coefficient (Wildman–Crippen LogP) is 2.82. The highest BCUT2D eigenvalue weighted by molar-refractivity contribution is 9.09. The van der Waals surface area contributed by atoms with Crippen molar-refractivity contribution < 1.29 is 9.53 Å². The molecule has 0 aromatic heterocycles. The van der Waals surface area contributed by atoms with Crippen molar-refractivity contribution in [3.63, 3.8) is 0 Å². The fraction of sp³-hybridized carbons (Fsp3) is 0.933. The highest BCUT2D eigenvalue weighted by Gasteiger charge is 2.41. The first-order valence-corrected chi connectivity index (χ1v) is 8.76. The topological polar surface area (TPSA) is 29.5 Å². The van der Waals surface area contributed by atoms with Crippen LogP contribution in [0.25, 0.3) is 0 Å². The van der Waals surface area contributed by atoms with Crippen LogP contribution in [0.2, 0.25) is 0 Å². The smallest absolute Gasteiger partial charge is 0.223 e. The third-order valence-electron chi connectivity index (χ3n) is 5.32. The average Bonchev–Trinajstić information content (AvgIpc) is 3.01. The van der Waals surface area contributed by atoms with E-state index in [0.29, 0.717) is 18.4 Å². The molecule has 0 spiro atoms. The van der Waals surface area contributed by atoms with Gasteiger partial charge in [0.25, 0.3) is 0 Å². The molecule has 3 nitrogen and oxygen atoms in total. The number of nitrogens with zero attached hydrogens (tertiary/aromatic N) is 1. The van der Waals surface area contributed by atoms with Crippen LogP contribution in [0.3, 0.4) is 0 Å². The van der Waals surface area contributed by atoms with Crippen LogP contribution < -0.4 is 0 Å². The van der Waals surface area contributed by atoms with Crippen molar-refractivity contribution in [2.24, 2.45) is 17.8 Å². The number of hydrogen-bond acceptors (Lipinski definition) is 2. The maximum Gasteiger partial charge on any atom is 0.223 e. The number of hydrogen-bond donors (Lipinski definition) is 0. The SMILES string of the molecule is CC1COC(CBr)CN1C(=O)CC1CC2CCC1C2. The van der Waals surface area contributed by atoms with Crippen molar-refractivity contribution in [2.45, 2.75) is 51.2 Å². The molecule has 5 unspecified atom stereocenters. The summed E-state index contributed by atoms with van der Waals surface area (Å²) in [6.07, 6.45) is 6.42. The molecule has 1 heterocycles. The van der Waals surface area contributed by atoms with Gasteiger partial charge in [0.15, 0.2) is 0 Å². The monoisotopic (exact) mass is 329 g/mol. The molecule has 2 aliphatic carbocycles. The lowest BCUT2D eigenvalue weighted by Crippen LogP contribution is -2.51. The zero-order valence-electron chi connectivity index (χ0n) is 11.7. The van der Waals surface area contributed by atoms with E-state index in [0.717, 1.165) is 30.1 Å². The fourth-order valence-corrected chi connectivity index (χ4v) is 4.62. The van der Waals surface area contributed by atoms with Crippen LogP contribution in [0.4, 0.5) is 0 Å². The summed E-state index contributed by atoms with van der Waals surface area (Å²) in [6, 6.07) is 0.237. The number of rotatable bonds is 3. The molecule has 19 heavy (non-hydrogen) atoms. The van der Waals surface area contributed by atoms with Crippen LogP contribution in [0.5, 0.6) is 0 Å². The number of amides is 1. The molecule has 1 amide bonds. The Morgan fingerprint density at radius 2 is 2.21 bits per heavy atom. The Balaban J connectivity index is 1.57. The molecule has 0 radical (unpaired) electrons. The van der Waals surface area contributed by atoms with E-state index >= 15 is 0 Å². The summed E-state index contributed by atoms with van der Waals surface area (Å²) in [6.45, 7) is 3.54. The molecule has 0 N–H and O–H groups in total. The Kier molecular flexibility index (Phi) is 4.18. The molecule has 5 atom stereocenters. The van der Waals surface area contributed by atoms with Gasteiger partial charge in [-0.3, -0.25) is 4.79 Å². The van der Waals surface area contributed by atoms with Gasteiger partial charge in [-0.05, 0) is 43.9 Å². The van der Waals surface area contributed by atoms with E-state index in [4.69, 9.17) is 4.74 Å². The third kappa shape index (κ3) is 2.85. The molecule has 0 aromatic carbocycles. The van der Waals surface area contributed by atoms with Gasteiger partial charge in [-0.2, -0.15) is 0 Å². The van der Waals surface area contributed by atoms with Gasteiger partial charge in [0.1, 0.15) is 0 Å². The summed E-state index contributed by atoms with van der Waals surface area (Å²) in [7, 11) is 0. The molecule has 2 bridgehead atoms. The van der Waals surface area contributed by atoms with Crippen molar-refractivity contribution in [3.8, 4) is 0 Å². The molecule has 1 saturated heterocycles. The molecule has 3 fully saturated rings. The van der Waals surface area contributed by atoms with E-state index in [1.165, 1.54) is 25.7 Å². The molecule has 2 saturated carbocycles. The van der Waals surface area contributed by atoms with Crippen molar-refractivity contribution in [3.05, 3.63) is 0 Å². The summed E-state index contributed by atoms with van der Waals surface area (Å²) >= 11 is 3.46. The second-order valence-corrected chi connectivity index (χ2v) is 7.29. The average molecular weight is 330 g/mol. The number of halogens is 1. The van der Waals surface area contributed by atoms with Gasteiger partial charge in [0, 0.05) is 18.3 Å². The van der Waals surface area contributed by atoms with Gasteiger partial charge in [0.2, 0.25) is 5.91 Å². The van der Waals surface area contributed by atoms with Gasteiger partial charge in [-0.1, -0.05) is 22.4 Å². The molecule has 1 aliphatic heterocycles. The maximum atomic E-state index is 12.6. The minimum atomic E-state index is 0.167. The number of morpholine rings is 1. The first-order valence-electron chi connectivity index (χ1n) is 7.64. The van der Waals surface area contributed by atoms with Crippen LogP contribution in [0.1, 0.15) is 39.0 Å². The van der Waals surface area contributed by atoms with E-state index in [-0.39, 0.29) is 12.1 Å². The Labute approximate surface area is 124 Å². The number of ether oxygens (including phenoxy) is 1. The zero-order chi connectivity index (χ0) is 13.4. The lowest BCUT2D eigenvalue weighted by Gasteiger charge is -2.38. The van der Waals surface area contributed by atoms with Gasteiger partial charge in [0.05, 0.1) is 18.8 Å². The van der Waals surface area contributed by atoms with Crippen LogP contribution in [-0.4, -0.2) is 41.4 Å². The number of alkyl halides is 1. The van der Waals surface area contributed by atoms with Gasteiger partial charge >= 0.3 is 0 Å². The molecule has 3 aliphatic rings.